The molecule has 146 valence electrons. The van der Waals surface area contributed by atoms with Crippen LogP contribution in [0.15, 0.2) is 34.8 Å². The smallest absolute Gasteiger partial charge is 0.191 e. The predicted octanol–water partition coefficient (Wildman–Crippen LogP) is 4.58. The van der Waals surface area contributed by atoms with Crippen molar-refractivity contribution in [3.63, 3.8) is 0 Å². The lowest BCUT2D eigenvalue weighted by Gasteiger charge is -2.11. The predicted molar refractivity (Wildman–Crippen MR) is 127 cm³/mol. The van der Waals surface area contributed by atoms with Crippen LogP contribution < -0.4 is 10.6 Å². The van der Waals surface area contributed by atoms with Gasteiger partial charge in [-0.3, -0.25) is 4.99 Å². The van der Waals surface area contributed by atoms with Gasteiger partial charge in [-0.2, -0.15) is 0 Å². The van der Waals surface area contributed by atoms with Crippen LogP contribution >= 0.6 is 35.3 Å². The van der Waals surface area contributed by atoms with Gasteiger partial charge in [0.1, 0.15) is 5.01 Å². The fourth-order valence-corrected chi connectivity index (χ4v) is 3.91. The third-order valence-electron chi connectivity index (χ3n) is 4.47. The molecular weight excluding hydrogens is 469 g/mol. The SMILES string of the molecule is CN=C(NCCc1c[nH]c2cccc(C)c12)NCc1nc(C(C)C)cs1.I. The van der Waals surface area contributed by atoms with E-state index in [1.807, 2.05) is 0 Å². The minimum atomic E-state index is 0. The monoisotopic (exact) mass is 497 g/mol. The summed E-state index contributed by atoms with van der Waals surface area (Å²) in [6, 6.07) is 6.37. The first-order valence-electron chi connectivity index (χ1n) is 9.03. The van der Waals surface area contributed by atoms with Gasteiger partial charge in [0.2, 0.25) is 0 Å². The summed E-state index contributed by atoms with van der Waals surface area (Å²) in [4.78, 5) is 12.3. The summed E-state index contributed by atoms with van der Waals surface area (Å²) >= 11 is 1.69. The van der Waals surface area contributed by atoms with Crippen LogP contribution in [0.3, 0.4) is 0 Å². The second-order valence-corrected chi connectivity index (χ2v) is 7.68. The van der Waals surface area contributed by atoms with Gasteiger partial charge >= 0.3 is 0 Å². The lowest BCUT2D eigenvalue weighted by atomic mass is 10.1. The van der Waals surface area contributed by atoms with Gasteiger partial charge in [0, 0.05) is 36.1 Å². The maximum Gasteiger partial charge on any atom is 0.191 e. The molecule has 7 heteroatoms. The maximum absolute atomic E-state index is 4.65. The Hall–Kier alpha value is -1.61. The molecule has 1 aromatic carbocycles. The second-order valence-electron chi connectivity index (χ2n) is 6.73. The molecule has 3 N–H and O–H groups in total. The van der Waals surface area contributed by atoms with E-state index < -0.39 is 0 Å². The summed E-state index contributed by atoms with van der Waals surface area (Å²) in [5.74, 6) is 1.28. The van der Waals surface area contributed by atoms with Gasteiger partial charge in [-0.15, -0.1) is 35.3 Å². The van der Waals surface area contributed by atoms with Crippen LogP contribution in [0.5, 0.6) is 0 Å². The Kier molecular flexibility index (Phi) is 8.09. The highest BCUT2D eigenvalue weighted by Gasteiger charge is 2.08. The van der Waals surface area contributed by atoms with Crippen molar-refractivity contribution in [2.24, 2.45) is 4.99 Å². The number of H-pyrrole nitrogens is 1. The quantitative estimate of drug-likeness (QED) is 0.265. The van der Waals surface area contributed by atoms with Gasteiger partial charge in [-0.25, -0.2) is 4.98 Å². The van der Waals surface area contributed by atoms with E-state index in [0.717, 1.165) is 29.6 Å². The van der Waals surface area contributed by atoms with Crippen molar-refractivity contribution in [2.45, 2.75) is 39.7 Å². The Bertz CT molecular complexity index is 897. The summed E-state index contributed by atoms with van der Waals surface area (Å²) in [7, 11) is 1.80. The number of fused-ring (bicyclic) bond motifs is 1. The molecule has 3 aromatic rings. The Morgan fingerprint density at radius 1 is 1.30 bits per heavy atom. The number of rotatable bonds is 6. The number of nitrogens with one attached hydrogen (secondary N) is 3. The number of aromatic amines is 1. The Labute approximate surface area is 182 Å². The molecule has 27 heavy (non-hydrogen) atoms. The van der Waals surface area contributed by atoms with E-state index in [4.69, 9.17) is 0 Å². The number of thiazole rings is 1. The minimum absolute atomic E-state index is 0. The summed E-state index contributed by atoms with van der Waals surface area (Å²) in [6.07, 6.45) is 3.05. The van der Waals surface area contributed by atoms with E-state index in [-0.39, 0.29) is 24.0 Å². The minimum Gasteiger partial charge on any atom is -0.361 e. The lowest BCUT2D eigenvalue weighted by Crippen LogP contribution is -2.37. The van der Waals surface area contributed by atoms with Gasteiger partial charge in [0.15, 0.2) is 5.96 Å². The van der Waals surface area contributed by atoms with Gasteiger partial charge < -0.3 is 15.6 Å². The molecule has 0 saturated heterocycles. The van der Waals surface area contributed by atoms with Crippen LogP contribution in [0.1, 0.15) is 41.6 Å². The number of hydrogen-bond donors (Lipinski definition) is 3. The lowest BCUT2D eigenvalue weighted by molar-refractivity contribution is 0.779. The molecule has 0 fully saturated rings. The Morgan fingerprint density at radius 2 is 2.11 bits per heavy atom. The van der Waals surface area contributed by atoms with E-state index in [1.54, 1.807) is 18.4 Å². The summed E-state index contributed by atoms with van der Waals surface area (Å²) in [5.41, 5.74) is 5.00. The zero-order chi connectivity index (χ0) is 18.5. The van der Waals surface area contributed by atoms with Crippen LogP contribution in [0, 0.1) is 6.92 Å². The molecule has 0 saturated carbocycles. The third-order valence-corrected chi connectivity index (χ3v) is 5.34. The number of hydrogen-bond acceptors (Lipinski definition) is 3. The molecule has 0 unspecified atom stereocenters. The highest BCUT2D eigenvalue weighted by atomic mass is 127. The molecule has 0 aliphatic rings. The number of benzene rings is 1. The van der Waals surface area contributed by atoms with E-state index in [1.165, 1.54) is 22.0 Å². The van der Waals surface area contributed by atoms with Crippen LogP contribution in [-0.2, 0) is 13.0 Å². The summed E-state index contributed by atoms with van der Waals surface area (Å²) in [6.45, 7) is 8.02. The maximum atomic E-state index is 4.65. The molecule has 5 nitrogen and oxygen atoms in total. The summed E-state index contributed by atoms with van der Waals surface area (Å²) < 4.78 is 0. The zero-order valence-electron chi connectivity index (χ0n) is 16.3. The van der Waals surface area contributed by atoms with Crippen molar-refractivity contribution < 1.29 is 0 Å². The first-order chi connectivity index (χ1) is 12.6. The number of aromatic nitrogens is 2. The second kappa shape index (κ2) is 10.1. The highest BCUT2D eigenvalue weighted by molar-refractivity contribution is 14.0. The van der Waals surface area contributed by atoms with Crippen molar-refractivity contribution in [3.05, 3.63) is 51.6 Å². The van der Waals surface area contributed by atoms with Crippen molar-refractivity contribution in [2.75, 3.05) is 13.6 Å². The van der Waals surface area contributed by atoms with Crippen LogP contribution in [0.4, 0.5) is 0 Å². The molecule has 0 aliphatic carbocycles. The first kappa shape index (κ1) is 21.7. The van der Waals surface area contributed by atoms with Gasteiger partial charge in [0.05, 0.1) is 12.2 Å². The fraction of sp³-hybridized carbons (Fsp3) is 0.400. The normalized spacial score (nSPS) is 11.7. The Balaban J connectivity index is 0.00000261. The molecule has 0 radical (unpaired) electrons. The average Bonchev–Trinajstić information content (AvgIpc) is 3.26. The first-order valence-corrected chi connectivity index (χ1v) is 9.91. The van der Waals surface area contributed by atoms with Crippen molar-refractivity contribution in [1.29, 1.82) is 0 Å². The molecule has 2 heterocycles. The number of halogens is 1. The fourth-order valence-electron chi connectivity index (χ4n) is 3.02. The molecule has 0 amide bonds. The highest BCUT2D eigenvalue weighted by Crippen LogP contribution is 2.22. The number of aliphatic imine (C=N–C) groups is 1. The topological polar surface area (TPSA) is 65.1 Å². The van der Waals surface area contributed by atoms with Gasteiger partial charge in [-0.05, 0) is 36.5 Å². The Morgan fingerprint density at radius 3 is 2.81 bits per heavy atom. The molecule has 0 aliphatic heterocycles. The molecular formula is C20H28IN5S. The molecule has 2 aromatic heterocycles. The largest absolute Gasteiger partial charge is 0.361 e. The van der Waals surface area contributed by atoms with Gasteiger partial charge in [-0.1, -0.05) is 26.0 Å². The van der Waals surface area contributed by atoms with E-state index in [0.29, 0.717) is 12.5 Å². The summed E-state index contributed by atoms with van der Waals surface area (Å²) in [5, 5.41) is 11.3. The average molecular weight is 497 g/mol. The third kappa shape index (κ3) is 5.44. The van der Waals surface area contributed by atoms with Crippen molar-refractivity contribution in [3.8, 4) is 0 Å². The van der Waals surface area contributed by atoms with Crippen LogP contribution in [0.25, 0.3) is 10.9 Å². The van der Waals surface area contributed by atoms with Crippen molar-refractivity contribution in [1.82, 2.24) is 20.6 Å². The van der Waals surface area contributed by atoms with E-state index >= 15 is 0 Å². The number of aryl methyl sites for hydroxylation is 1. The van der Waals surface area contributed by atoms with E-state index in [9.17, 15) is 0 Å². The molecule has 3 rings (SSSR count). The molecule has 0 bridgehead atoms. The van der Waals surface area contributed by atoms with E-state index in [2.05, 4.69) is 76.1 Å². The zero-order valence-corrected chi connectivity index (χ0v) is 19.4. The number of nitrogens with zero attached hydrogens (tertiary/aromatic N) is 2. The van der Waals surface area contributed by atoms with Gasteiger partial charge in [0.25, 0.3) is 0 Å². The van der Waals surface area contributed by atoms with Crippen LogP contribution in [0.2, 0.25) is 0 Å². The van der Waals surface area contributed by atoms with Crippen LogP contribution in [-0.4, -0.2) is 29.5 Å². The number of guanidine groups is 1. The molecule has 0 spiro atoms. The standard InChI is InChI=1S/C20H27N5S.HI/c1-13(2)17-12-26-18(25-17)11-24-20(21-4)22-9-8-15-10-23-16-7-5-6-14(3)19(15)16;/h5-7,10,12-13,23H,8-9,11H2,1-4H3,(H2,21,22,24);1H. The molecule has 0 atom stereocenters. The van der Waals surface area contributed by atoms with Crippen molar-refractivity contribution >= 4 is 52.2 Å².